The summed E-state index contributed by atoms with van der Waals surface area (Å²) in [4.78, 5) is 12.4. The number of ether oxygens (including phenoxy) is 3. The highest BCUT2D eigenvalue weighted by Crippen LogP contribution is 2.34. The monoisotopic (exact) mass is 466 g/mol. The maximum Gasteiger partial charge on any atom is 0.346 e. The molecule has 0 atom stereocenters. The average molecular weight is 467 g/mol. The zero-order valence-electron chi connectivity index (χ0n) is 16.8. The topological polar surface area (TPSA) is 117 Å². The predicted molar refractivity (Wildman–Crippen MR) is 113 cm³/mol. The van der Waals surface area contributed by atoms with Crippen LogP contribution in [0, 0.1) is 0 Å². The minimum absolute atomic E-state index is 0.0694. The summed E-state index contributed by atoms with van der Waals surface area (Å²) >= 11 is 5.92. The molecule has 31 heavy (non-hydrogen) atoms. The third-order valence-electron chi connectivity index (χ3n) is 4.18. The highest BCUT2D eigenvalue weighted by molar-refractivity contribution is 7.92. The lowest BCUT2D eigenvalue weighted by Crippen LogP contribution is -2.16. The van der Waals surface area contributed by atoms with Crippen LogP contribution in [0.2, 0.25) is 5.02 Å². The van der Waals surface area contributed by atoms with Crippen LogP contribution < -0.4 is 14.2 Å². The van der Waals surface area contributed by atoms with Crippen molar-refractivity contribution in [2.24, 2.45) is 0 Å². The molecule has 0 aliphatic carbocycles. The van der Waals surface area contributed by atoms with Crippen molar-refractivity contribution in [3.63, 3.8) is 0 Å². The van der Waals surface area contributed by atoms with E-state index in [4.69, 9.17) is 30.3 Å². The SMILES string of the molecule is CCOC(=O)c1c(-c2ccc(Cl)cc2)noc1NS(=O)(=O)c1cc(OC)ccc1OC. The van der Waals surface area contributed by atoms with Gasteiger partial charge in [-0.15, -0.1) is 0 Å². The molecule has 0 unspecified atom stereocenters. The summed E-state index contributed by atoms with van der Waals surface area (Å²) in [5.41, 5.74) is 0.417. The van der Waals surface area contributed by atoms with Crippen LogP contribution in [0.1, 0.15) is 17.3 Å². The number of anilines is 1. The highest BCUT2D eigenvalue weighted by atomic mass is 35.5. The lowest BCUT2D eigenvalue weighted by atomic mass is 10.1. The Labute approximate surface area is 183 Å². The molecule has 3 rings (SSSR count). The molecule has 0 bridgehead atoms. The lowest BCUT2D eigenvalue weighted by Gasteiger charge is -2.12. The van der Waals surface area contributed by atoms with Crippen molar-refractivity contribution in [2.75, 3.05) is 25.5 Å². The Morgan fingerprint density at radius 2 is 1.84 bits per heavy atom. The second-order valence-corrected chi connectivity index (χ2v) is 8.17. The largest absolute Gasteiger partial charge is 0.497 e. The van der Waals surface area contributed by atoms with Gasteiger partial charge in [0.15, 0.2) is 5.56 Å². The number of esters is 1. The van der Waals surface area contributed by atoms with Crippen molar-refractivity contribution in [2.45, 2.75) is 11.8 Å². The van der Waals surface area contributed by atoms with Gasteiger partial charge in [-0.1, -0.05) is 28.9 Å². The number of aromatic nitrogens is 1. The zero-order chi connectivity index (χ0) is 22.6. The van der Waals surface area contributed by atoms with E-state index in [1.807, 2.05) is 0 Å². The Hall–Kier alpha value is -3.24. The first-order valence-corrected chi connectivity index (χ1v) is 10.8. The van der Waals surface area contributed by atoms with Gasteiger partial charge >= 0.3 is 5.97 Å². The van der Waals surface area contributed by atoms with Crippen LogP contribution in [0.3, 0.4) is 0 Å². The van der Waals surface area contributed by atoms with Crippen LogP contribution in [0.15, 0.2) is 51.9 Å². The standard InChI is InChI=1S/C20H19ClN2O7S/c1-4-29-20(24)17-18(12-5-7-13(21)8-6-12)22-30-19(17)23-31(25,26)16-11-14(27-2)9-10-15(16)28-3/h5-11,23H,4H2,1-3H3. The van der Waals surface area contributed by atoms with E-state index in [1.165, 1.54) is 26.4 Å². The fourth-order valence-electron chi connectivity index (χ4n) is 2.73. The predicted octanol–water partition coefficient (Wildman–Crippen LogP) is 3.99. The Morgan fingerprint density at radius 3 is 2.45 bits per heavy atom. The molecule has 0 spiro atoms. The number of carbonyl (C=O) groups is 1. The summed E-state index contributed by atoms with van der Waals surface area (Å²) in [7, 11) is -1.52. The molecule has 11 heteroatoms. The Balaban J connectivity index is 2.09. The van der Waals surface area contributed by atoms with E-state index in [9.17, 15) is 13.2 Å². The van der Waals surface area contributed by atoms with Crippen molar-refractivity contribution in [1.29, 1.82) is 0 Å². The van der Waals surface area contributed by atoms with Gasteiger partial charge in [-0.25, -0.2) is 17.9 Å². The number of nitrogens with one attached hydrogen (secondary N) is 1. The first kappa shape index (κ1) is 22.4. The van der Waals surface area contributed by atoms with E-state index in [-0.39, 0.29) is 28.5 Å². The first-order valence-electron chi connectivity index (χ1n) is 8.98. The molecule has 0 amide bonds. The zero-order valence-corrected chi connectivity index (χ0v) is 18.4. The molecule has 1 heterocycles. The molecular weight excluding hydrogens is 448 g/mol. The average Bonchev–Trinajstić information content (AvgIpc) is 3.16. The van der Waals surface area contributed by atoms with Gasteiger partial charge < -0.3 is 18.7 Å². The van der Waals surface area contributed by atoms with E-state index < -0.39 is 21.9 Å². The van der Waals surface area contributed by atoms with Crippen molar-refractivity contribution in [3.8, 4) is 22.8 Å². The quantitative estimate of drug-likeness (QED) is 0.495. The molecule has 164 valence electrons. The number of benzene rings is 2. The summed E-state index contributed by atoms with van der Waals surface area (Å²) in [6, 6.07) is 10.7. The van der Waals surface area contributed by atoms with Gasteiger partial charge in [0.2, 0.25) is 0 Å². The van der Waals surface area contributed by atoms with Gasteiger partial charge in [-0.3, -0.25) is 0 Å². The molecule has 0 saturated carbocycles. The summed E-state index contributed by atoms with van der Waals surface area (Å²) in [5.74, 6) is -0.827. The lowest BCUT2D eigenvalue weighted by molar-refractivity contribution is 0.0528. The molecule has 0 saturated heterocycles. The Morgan fingerprint density at radius 1 is 1.13 bits per heavy atom. The van der Waals surface area contributed by atoms with Gasteiger partial charge in [0.05, 0.1) is 20.8 Å². The van der Waals surface area contributed by atoms with E-state index in [0.717, 1.165) is 0 Å². The smallest absolute Gasteiger partial charge is 0.346 e. The van der Waals surface area contributed by atoms with Crippen LogP contribution in [0.25, 0.3) is 11.3 Å². The molecule has 9 nitrogen and oxygen atoms in total. The normalized spacial score (nSPS) is 11.1. The highest BCUT2D eigenvalue weighted by Gasteiger charge is 2.30. The maximum atomic E-state index is 13.1. The second-order valence-electron chi connectivity index (χ2n) is 6.08. The maximum absolute atomic E-state index is 13.1. The third-order valence-corrected chi connectivity index (χ3v) is 5.78. The van der Waals surface area contributed by atoms with Gasteiger partial charge in [0.25, 0.3) is 15.9 Å². The summed E-state index contributed by atoms with van der Waals surface area (Å²) in [6.07, 6.45) is 0. The van der Waals surface area contributed by atoms with Crippen molar-refractivity contribution in [3.05, 3.63) is 53.1 Å². The first-order chi connectivity index (χ1) is 14.8. The van der Waals surface area contributed by atoms with Crippen LogP contribution in [0.4, 0.5) is 5.88 Å². The minimum atomic E-state index is -4.25. The van der Waals surface area contributed by atoms with Gasteiger partial charge in [-0.05, 0) is 31.2 Å². The number of rotatable bonds is 8. The van der Waals surface area contributed by atoms with Gasteiger partial charge in [0, 0.05) is 16.7 Å². The summed E-state index contributed by atoms with van der Waals surface area (Å²) < 4.78 is 48.9. The molecule has 1 N–H and O–H groups in total. The van der Waals surface area contributed by atoms with Crippen molar-refractivity contribution in [1.82, 2.24) is 5.16 Å². The fourth-order valence-corrected chi connectivity index (χ4v) is 4.04. The third kappa shape index (κ3) is 4.75. The minimum Gasteiger partial charge on any atom is -0.497 e. The van der Waals surface area contributed by atoms with Crippen LogP contribution in [0.5, 0.6) is 11.5 Å². The molecule has 0 aliphatic rings. The van der Waals surface area contributed by atoms with Crippen LogP contribution >= 0.6 is 11.6 Å². The molecule has 1 aromatic heterocycles. The van der Waals surface area contributed by atoms with Crippen molar-refractivity contribution < 1.29 is 31.9 Å². The Bertz CT molecular complexity index is 1190. The second kappa shape index (κ2) is 9.27. The summed E-state index contributed by atoms with van der Waals surface area (Å²) in [6.45, 7) is 1.69. The number of nitrogens with zero attached hydrogens (tertiary/aromatic N) is 1. The van der Waals surface area contributed by atoms with Crippen molar-refractivity contribution >= 4 is 33.5 Å². The molecule has 0 aliphatic heterocycles. The van der Waals surface area contributed by atoms with E-state index >= 15 is 0 Å². The summed E-state index contributed by atoms with van der Waals surface area (Å²) in [5, 5.41) is 4.35. The van der Waals surface area contributed by atoms with Crippen LogP contribution in [-0.4, -0.2) is 40.4 Å². The number of hydrogen-bond donors (Lipinski definition) is 1. The number of hydrogen-bond acceptors (Lipinski definition) is 8. The van der Waals surface area contributed by atoms with Gasteiger partial charge in [-0.2, -0.15) is 0 Å². The van der Waals surface area contributed by atoms with Gasteiger partial charge in [0.1, 0.15) is 22.1 Å². The fraction of sp³-hybridized carbons (Fsp3) is 0.200. The molecule has 0 radical (unpaired) electrons. The van der Waals surface area contributed by atoms with E-state index in [0.29, 0.717) is 16.3 Å². The van der Waals surface area contributed by atoms with E-state index in [2.05, 4.69) is 9.88 Å². The molecule has 3 aromatic rings. The number of carbonyl (C=O) groups excluding carboxylic acids is 1. The molecule has 2 aromatic carbocycles. The molecule has 0 fully saturated rings. The number of sulfonamides is 1. The van der Waals surface area contributed by atoms with E-state index in [1.54, 1.807) is 37.3 Å². The number of halogens is 1. The van der Waals surface area contributed by atoms with Crippen LogP contribution in [-0.2, 0) is 14.8 Å². The number of methoxy groups -OCH3 is 2. The molecular formula is C20H19ClN2O7S. The Kier molecular flexibility index (Phi) is 6.71.